The number of benzene rings is 4. The minimum atomic E-state index is -2.20. The van der Waals surface area contributed by atoms with Crippen LogP contribution in [-0.2, 0) is 0 Å². The van der Waals surface area contributed by atoms with Crippen molar-refractivity contribution in [3.63, 3.8) is 0 Å². The first-order chi connectivity index (χ1) is 18.3. The molecule has 0 radical (unpaired) electrons. The fraction of sp³-hybridized carbons (Fsp3) is 0.444. The second-order valence-electron chi connectivity index (χ2n) is 12.4. The summed E-state index contributed by atoms with van der Waals surface area (Å²) in [6, 6.07) is 29.6. The zero-order valence-corrected chi connectivity index (χ0v) is 27.1. The van der Waals surface area contributed by atoms with Crippen LogP contribution in [0.1, 0.15) is 81.1 Å². The monoisotopic (exact) mass is 536 g/mol. The van der Waals surface area contributed by atoms with Crippen molar-refractivity contribution >= 4 is 58.4 Å². The van der Waals surface area contributed by atoms with Gasteiger partial charge >= 0.3 is 0 Å². The third kappa shape index (κ3) is 3.52. The van der Waals surface area contributed by atoms with Gasteiger partial charge in [0.25, 0.3) is 0 Å². The van der Waals surface area contributed by atoms with Gasteiger partial charge in [-0.25, -0.2) is 0 Å². The minimum Gasteiger partial charge on any atom is -0.0654 e. The van der Waals surface area contributed by atoms with Crippen molar-refractivity contribution in [2.24, 2.45) is 0 Å². The van der Waals surface area contributed by atoms with E-state index in [1.807, 2.05) is 0 Å². The van der Waals surface area contributed by atoms with Crippen LogP contribution in [0.5, 0.6) is 0 Å². The Balaban J connectivity index is 2.18. The molecule has 4 aromatic rings. The molecule has 5 rings (SSSR count). The van der Waals surface area contributed by atoms with Crippen LogP contribution < -0.4 is 20.7 Å². The quantitative estimate of drug-likeness (QED) is 0.198. The molecule has 4 atom stereocenters. The molecule has 4 aromatic carbocycles. The SMILES string of the molecule is CCC(C)[Si]1(C(C)CC)c2cccc3cccc(c23)[Si](C(C)CC)(C(C)CC)c2cccc3cccc1c23. The van der Waals surface area contributed by atoms with Crippen LogP contribution in [0.4, 0.5) is 0 Å². The zero-order valence-electron chi connectivity index (χ0n) is 25.1. The summed E-state index contributed by atoms with van der Waals surface area (Å²) in [5.41, 5.74) is 2.65. The second-order valence-corrected chi connectivity index (χ2v) is 22.0. The van der Waals surface area contributed by atoms with Gasteiger partial charge in [-0.2, -0.15) is 0 Å². The normalized spacial score (nSPS) is 24.0. The van der Waals surface area contributed by atoms with E-state index in [-0.39, 0.29) is 0 Å². The summed E-state index contributed by atoms with van der Waals surface area (Å²) in [7, 11) is -4.41. The Morgan fingerprint density at radius 3 is 0.868 bits per heavy atom. The molecule has 0 saturated carbocycles. The van der Waals surface area contributed by atoms with E-state index in [2.05, 4.69) is 128 Å². The molecule has 0 aromatic heterocycles. The zero-order chi connectivity index (χ0) is 27.2. The van der Waals surface area contributed by atoms with Crippen LogP contribution in [0.3, 0.4) is 0 Å². The van der Waals surface area contributed by atoms with Crippen LogP contribution in [0.15, 0.2) is 72.8 Å². The van der Waals surface area contributed by atoms with Crippen LogP contribution in [0.2, 0.25) is 22.2 Å². The van der Waals surface area contributed by atoms with E-state index in [4.69, 9.17) is 0 Å². The fourth-order valence-corrected chi connectivity index (χ4v) is 22.6. The first kappa shape index (κ1) is 27.4. The molecule has 1 aliphatic heterocycles. The Morgan fingerprint density at radius 2 is 0.658 bits per heavy atom. The molecular formula is C36H48Si2. The number of hydrogen-bond donors (Lipinski definition) is 0. The van der Waals surface area contributed by atoms with E-state index in [1.54, 1.807) is 31.5 Å². The van der Waals surface area contributed by atoms with E-state index >= 15 is 0 Å². The average Bonchev–Trinajstić information content (AvgIpc) is 2.96. The van der Waals surface area contributed by atoms with E-state index < -0.39 is 16.1 Å². The highest BCUT2D eigenvalue weighted by Crippen LogP contribution is 2.44. The van der Waals surface area contributed by atoms with Gasteiger partial charge in [-0.3, -0.25) is 0 Å². The fourth-order valence-electron chi connectivity index (χ4n) is 8.73. The maximum atomic E-state index is 2.59. The number of hydrogen-bond acceptors (Lipinski definition) is 0. The molecule has 0 amide bonds. The van der Waals surface area contributed by atoms with Crippen molar-refractivity contribution in [3.8, 4) is 0 Å². The summed E-state index contributed by atoms with van der Waals surface area (Å²) >= 11 is 0. The van der Waals surface area contributed by atoms with Crippen molar-refractivity contribution in [1.29, 1.82) is 0 Å². The lowest BCUT2D eigenvalue weighted by Crippen LogP contribution is -2.71. The van der Waals surface area contributed by atoms with Gasteiger partial charge in [-0.05, 0) is 64.5 Å². The molecule has 4 unspecified atom stereocenters. The molecule has 0 nitrogen and oxygen atoms in total. The molecule has 0 aliphatic carbocycles. The standard InChI is InChI=1S/C36H48Si2/c1-9-25(5)37(26(6)10-2)31-21-13-17-29-19-15-23-33(35(29)31)38(27(7)11-3,28(8)12-4)34-24-16-20-30-18-14-22-32(37)36(30)34/h13-28H,9-12H2,1-8H3. The summed E-state index contributed by atoms with van der Waals surface area (Å²) in [4.78, 5) is 0. The van der Waals surface area contributed by atoms with Crippen molar-refractivity contribution in [1.82, 2.24) is 0 Å². The molecule has 0 N–H and O–H groups in total. The van der Waals surface area contributed by atoms with Gasteiger partial charge in [0.2, 0.25) is 0 Å². The van der Waals surface area contributed by atoms with Crippen LogP contribution >= 0.6 is 0 Å². The van der Waals surface area contributed by atoms with E-state index in [0.717, 1.165) is 0 Å². The molecular weight excluding hydrogens is 489 g/mol. The van der Waals surface area contributed by atoms with Crippen LogP contribution in [0, 0.1) is 0 Å². The lowest BCUT2D eigenvalue weighted by atomic mass is 10.1. The summed E-state index contributed by atoms with van der Waals surface area (Å²) in [5.74, 6) is 0. The van der Waals surface area contributed by atoms with Gasteiger partial charge in [-0.15, -0.1) is 0 Å². The summed E-state index contributed by atoms with van der Waals surface area (Å²) in [6.07, 6.45) is 4.92. The number of rotatable bonds is 8. The lowest BCUT2D eigenvalue weighted by molar-refractivity contribution is 0.773. The van der Waals surface area contributed by atoms with Gasteiger partial charge < -0.3 is 0 Å². The highest BCUT2D eigenvalue weighted by atomic mass is 28.3. The van der Waals surface area contributed by atoms with Crippen molar-refractivity contribution in [3.05, 3.63) is 72.8 Å². The van der Waals surface area contributed by atoms with Crippen molar-refractivity contribution < 1.29 is 0 Å². The van der Waals surface area contributed by atoms with Gasteiger partial charge in [0, 0.05) is 0 Å². The summed E-state index contributed by atoms with van der Waals surface area (Å²) in [5, 5.41) is 13.2. The highest BCUT2D eigenvalue weighted by Gasteiger charge is 2.54. The maximum absolute atomic E-state index is 2.59. The largest absolute Gasteiger partial charge is 0.125 e. The van der Waals surface area contributed by atoms with E-state index in [1.165, 1.54) is 36.5 Å². The summed E-state index contributed by atoms with van der Waals surface area (Å²) < 4.78 is 0. The Hall–Kier alpha value is -2.17. The van der Waals surface area contributed by atoms with E-state index in [9.17, 15) is 0 Å². The lowest BCUT2D eigenvalue weighted by Gasteiger charge is -2.50. The van der Waals surface area contributed by atoms with Gasteiger partial charge in [0.05, 0.1) is 0 Å². The second kappa shape index (κ2) is 10.4. The molecule has 1 aliphatic rings. The van der Waals surface area contributed by atoms with Gasteiger partial charge in [0.1, 0.15) is 16.1 Å². The predicted molar refractivity (Wildman–Crippen MR) is 177 cm³/mol. The van der Waals surface area contributed by atoms with Crippen LogP contribution in [0.25, 0.3) is 21.5 Å². The first-order valence-corrected chi connectivity index (χ1v) is 19.7. The Labute approximate surface area is 233 Å². The predicted octanol–water partition coefficient (Wildman–Crippen LogP) is 8.63. The third-order valence-electron chi connectivity index (χ3n) is 11.2. The molecule has 1 heterocycles. The van der Waals surface area contributed by atoms with Gasteiger partial charge in [-0.1, -0.05) is 154 Å². The topological polar surface area (TPSA) is 0 Å². The molecule has 0 bridgehead atoms. The van der Waals surface area contributed by atoms with Crippen molar-refractivity contribution in [2.45, 2.75) is 103 Å². The maximum Gasteiger partial charge on any atom is 0.125 e. The molecule has 200 valence electrons. The minimum absolute atomic E-state index is 0.663. The molecule has 2 heteroatoms. The Bertz CT molecular complexity index is 1240. The average molecular weight is 537 g/mol. The molecule has 0 fully saturated rings. The molecule has 0 spiro atoms. The van der Waals surface area contributed by atoms with Crippen LogP contribution in [-0.4, -0.2) is 16.1 Å². The summed E-state index contributed by atoms with van der Waals surface area (Å²) in [6.45, 7) is 20.1. The molecule has 0 saturated heterocycles. The Kier molecular flexibility index (Phi) is 7.52. The van der Waals surface area contributed by atoms with Crippen molar-refractivity contribution in [2.75, 3.05) is 0 Å². The first-order valence-electron chi connectivity index (χ1n) is 15.4. The van der Waals surface area contributed by atoms with E-state index in [0.29, 0.717) is 22.2 Å². The Morgan fingerprint density at radius 1 is 0.421 bits per heavy atom. The third-order valence-corrected chi connectivity index (χ3v) is 24.2. The van der Waals surface area contributed by atoms with Gasteiger partial charge in [0.15, 0.2) is 0 Å². The smallest absolute Gasteiger partial charge is 0.0654 e. The molecule has 38 heavy (non-hydrogen) atoms. The highest BCUT2D eigenvalue weighted by molar-refractivity contribution is 7.12.